The summed E-state index contributed by atoms with van der Waals surface area (Å²) in [4.78, 5) is 16.9. The number of carbonyl (C=O) groups is 1. The molecule has 2 aromatic carbocycles. The topological polar surface area (TPSA) is 58.6 Å². The summed E-state index contributed by atoms with van der Waals surface area (Å²) in [6, 6.07) is 19.4. The highest BCUT2D eigenvalue weighted by atomic mass is 16.5. The van der Waals surface area contributed by atoms with Gasteiger partial charge >= 0.3 is 0 Å². The van der Waals surface area contributed by atoms with Crippen LogP contribution in [0.2, 0.25) is 0 Å². The molecular formula is C24H26N4O2. The molecule has 154 valence electrons. The van der Waals surface area contributed by atoms with E-state index in [0.717, 1.165) is 42.5 Å². The summed E-state index contributed by atoms with van der Waals surface area (Å²) in [6.45, 7) is 6.87. The Kier molecular flexibility index (Phi) is 5.93. The molecule has 0 saturated carbocycles. The van der Waals surface area contributed by atoms with Crippen LogP contribution < -0.4 is 9.64 Å². The number of benzene rings is 2. The average molecular weight is 402 g/mol. The van der Waals surface area contributed by atoms with Crippen molar-refractivity contribution in [2.75, 3.05) is 31.1 Å². The van der Waals surface area contributed by atoms with Crippen molar-refractivity contribution in [1.29, 1.82) is 0 Å². The highest BCUT2D eigenvalue weighted by Gasteiger charge is 2.23. The van der Waals surface area contributed by atoms with Crippen LogP contribution >= 0.6 is 0 Å². The van der Waals surface area contributed by atoms with Crippen molar-refractivity contribution < 1.29 is 9.53 Å². The standard InChI is InChI=1S/C24H26N4O2/c1-3-19-5-9-21(10-6-19)30-22-11-7-20(8-12-22)24(29)28-16-14-27(15-17-28)23-13-4-18(2)25-26-23/h4-13H,3,14-17H2,1-2H3. The molecular weight excluding hydrogens is 376 g/mol. The summed E-state index contributed by atoms with van der Waals surface area (Å²) in [5.41, 5.74) is 2.85. The predicted molar refractivity (Wildman–Crippen MR) is 117 cm³/mol. The Morgan fingerprint density at radius 2 is 1.50 bits per heavy atom. The Labute approximate surface area is 177 Å². The van der Waals surface area contributed by atoms with E-state index in [4.69, 9.17) is 4.74 Å². The molecule has 30 heavy (non-hydrogen) atoms. The Morgan fingerprint density at radius 1 is 0.867 bits per heavy atom. The number of ether oxygens (including phenoxy) is 1. The number of hydrogen-bond acceptors (Lipinski definition) is 5. The maximum Gasteiger partial charge on any atom is 0.253 e. The molecule has 1 aromatic heterocycles. The normalized spacial score (nSPS) is 13.9. The van der Waals surface area contributed by atoms with E-state index in [-0.39, 0.29) is 5.91 Å². The van der Waals surface area contributed by atoms with E-state index in [9.17, 15) is 4.79 Å². The first-order valence-corrected chi connectivity index (χ1v) is 10.3. The van der Waals surface area contributed by atoms with Gasteiger partial charge in [-0.25, -0.2) is 0 Å². The van der Waals surface area contributed by atoms with Crippen LogP contribution in [0, 0.1) is 6.92 Å². The second-order valence-corrected chi connectivity index (χ2v) is 7.44. The van der Waals surface area contributed by atoms with Crippen LogP contribution in [0.4, 0.5) is 5.82 Å². The van der Waals surface area contributed by atoms with Crippen LogP contribution in [-0.2, 0) is 6.42 Å². The number of amides is 1. The van der Waals surface area contributed by atoms with Crippen LogP contribution in [0.3, 0.4) is 0 Å². The van der Waals surface area contributed by atoms with Gasteiger partial charge < -0.3 is 14.5 Å². The van der Waals surface area contributed by atoms with Gasteiger partial charge in [0.05, 0.1) is 5.69 Å². The molecule has 1 fully saturated rings. The minimum Gasteiger partial charge on any atom is -0.457 e. The molecule has 0 aliphatic carbocycles. The van der Waals surface area contributed by atoms with E-state index >= 15 is 0 Å². The van der Waals surface area contributed by atoms with Crippen molar-refractivity contribution >= 4 is 11.7 Å². The number of carbonyl (C=O) groups excluding carboxylic acids is 1. The quantitative estimate of drug-likeness (QED) is 0.643. The molecule has 0 bridgehead atoms. The summed E-state index contributed by atoms with van der Waals surface area (Å²) in [7, 11) is 0. The van der Waals surface area contributed by atoms with E-state index < -0.39 is 0 Å². The van der Waals surface area contributed by atoms with Gasteiger partial charge in [0.25, 0.3) is 5.91 Å². The number of rotatable bonds is 5. The third kappa shape index (κ3) is 4.59. The van der Waals surface area contributed by atoms with Gasteiger partial charge in [0.1, 0.15) is 11.5 Å². The molecule has 0 spiro atoms. The zero-order valence-electron chi connectivity index (χ0n) is 17.4. The molecule has 2 heterocycles. The van der Waals surface area contributed by atoms with Gasteiger partial charge in [-0.05, 0) is 67.4 Å². The number of aromatic nitrogens is 2. The van der Waals surface area contributed by atoms with Crippen molar-refractivity contribution in [1.82, 2.24) is 15.1 Å². The lowest BCUT2D eigenvalue weighted by molar-refractivity contribution is 0.0746. The van der Waals surface area contributed by atoms with Crippen LogP contribution in [0.15, 0.2) is 60.7 Å². The fraction of sp³-hybridized carbons (Fsp3) is 0.292. The van der Waals surface area contributed by atoms with Crippen LogP contribution in [0.1, 0.15) is 28.5 Å². The van der Waals surface area contributed by atoms with Crippen molar-refractivity contribution in [2.24, 2.45) is 0 Å². The van der Waals surface area contributed by atoms with Crippen LogP contribution in [0.25, 0.3) is 0 Å². The minimum atomic E-state index is 0.0449. The van der Waals surface area contributed by atoms with Crippen LogP contribution in [-0.4, -0.2) is 47.2 Å². The summed E-state index contributed by atoms with van der Waals surface area (Å²) >= 11 is 0. The number of nitrogens with zero attached hydrogens (tertiary/aromatic N) is 4. The minimum absolute atomic E-state index is 0.0449. The fourth-order valence-electron chi connectivity index (χ4n) is 3.48. The van der Waals surface area contributed by atoms with Gasteiger partial charge in [0, 0.05) is 31.7 Å². The SMILES string of the molecule is CCc1ccc(Oc2ccc(C(=O)N3CCN(c4ccc(C)nn4)CC3)cc2)cc1. The van der Waals surface area contributed by atoms with Gasteiger partial charge in [0.2, 0.25) is 0 Å². The Bertz CT molecular complexity index is 977. The lowest BCUT2D eigenvalue weighted by atomic mass is 10.1. The first kappa shape index (κ1) is 19.9. The van der Waals surface area contributed by atoms with Gasteiger partial charge in [-0.15, -0.1) is 5.10 Å². The largest absolute Gasteiger partial charge is 0.457 e. The van der Waals surface area contributed by atoms with Crippen molar-refractivity contribution in [3.8, 4) is 11.5 Å². The van der Waals surface area contributed by atoms with E-state index in [2.05, 4.69) is 34.2 Å². The second-order valence-electron chi connectivity index (χ2n) is 7.44. The molecule has 6 heteroatoms. The first-order chi connectivity index (χ1) is 14.6. The summed E-state index contributed by atoms with van der Waals surface area (Å²) in [6.07, 6.45) is 1.00. The molecule has 1 amide bonds. The predicted octanol–water partition coefficient (Wildman–Crippen LogP) is 4.10. The third-order valence-corrected chi connectivity index (χ3v) is 5.34. The average Bonchev–Trinajstić information content (AvgIpc) is 2.80. The molecule has 6 nitrogen and oxygen atoms in total. The van der Waals surface area contributed by atoms with Crippen LogP contribution in [0.5, 0.6) is 11.5 Å². The molecule has 1 aliphatic heterocycles. The summed E-state index contributed by atoms with van der Waals surface area (Å²) in [5, 5.41) is 8.36. The maximum atomic E-state index is 12.9. The summed E-state index contributed by atoms with van der Waals surface area (Å²) < 4.78 is 5.89. The number of aryl methyl sites for hydroxylation is 2. The Morgan fingerprint density at radius 3 is 2.07 bits per heavy atom. The maximum absolute atomic E-state index is 12.9. The van der Waals surface area contributed by atoms with E-state index in [0.29, 0.717) is 18.7 Å². The van der Waals surface area contributed by atoms with Crippen molar-refractivity contribution in [3.05, 3.63) is 77.5 Å². The molecule has 1 aliphatic rings. The molecule has 0 atom stereocenters. The summed E-state index contributed by atoms with van der Waals surface area (Å²) in [5.74, 6) is 2.42. The fourth-order valence-corrected chi connectivity index (χ4v) is 3.48. The lowest BCUT2D eigenvalue weighted by Gasteiger charge is -2.35. The molecule has 0 radical (unpaired) electrons. The number of piperazine rings is 1. The zero-order valence-corrected chi connectivity index (χ0v) is 17.4. The number of hydrogen-bond donors (Lipinski definition) is 0. The highest BCUT2D eigenvalue weighted by molar-refractivity contribution is 5.94. The highest BCUT2D eigenvalue weighted by Crippen LogP contribution is 2.23. The Balaban J connectivity index is 1.34. The molecule has 1 saturated heterocycles. The lowest BCUT2D eigenvalue weighted by Crippen LogP contribution is -2.49. The van der Waals surface area contributed by atoms with Gasteiger partial charge in [-0.3, -0.25) is 4.79 Å². The molecule has 0 unspecified atom stereocenters. The Hall–Kier alpha value is -3.41. The van der Waals surface area contributed by atoms with Gasteiger partial charge in [0.15, 0.2) is 5.82 Å². The van der Waals surface area contributed by atoms with E-state index in [1.807, 2.05) is 60.4 Å². The molecule has 4 rings (SSSR count). The molecule has 0 N–H and O–H groups in total. The monoisotopic (exact) mass is 402 g/mol. The first-order valence-electron chi connectivity index (χ1n) is 10.3. The van der Waals surface area contributed by atoms with Crippen molar-refractivity contribution in [2.45, 2.75) is 20.3 Å². The third-order valence-electron chi connectivity index (χ3n) is 5.34. The molecule has 3 aromatic rings. The van der Waals surface area contributed by atoms with E-state index in [1.165, 1.54) is 5.56 Å². The number of anilines is 1. The van der Waals surface area contributed by atoms with Gasteiger partial charge in [-0.1, -0.05) is 19.1 Å². The van der Waals surface area contributed by atoms with Crippen molar-refractivity contribution in [3.63, 3.8) is 0 Å². The van der Waals surface area contributed by atoms with Gasteiger partial charge in [-0.2, -0.15) is 5.10 Å². The second kappa shape index (κ2) is 8.95. The zero-order chi connectivity index (χ0) is 20.9. The van der Waals surface area contributed by atoms with E-state index in [1.54, 1.807) is 0 Å². The smallest absolute Gasteiger partial charge is 0.253 e.